The lowest BCUT2D eigenvalue weighted by molar-refractivity contribution is -0.131. The Morgan fingerprint density at radius 2 is 2.10 bits per heavy atom. The minimum Gasteiger partial charge on any atom is -0.483 e. The number of rotatable bonds is 6. The summed E-state index contributed by atoms with van der Waals surface area (Å²) in [6, 6.07) is 5.43. The van der Waals surface area contributed by atoms with Crippen LogP contribution in [0.4, 0.5) is 0 Å². The van der Waals surface area contributed by atoms with Crippen molar-refractivity contribution < 1.29 is 19.4 Å². The molecular weight excluding hydrogens is 258 g/mol. The number of nitrogens with one attached hydrogen (secondary N) is 1. The third kappa shape index (κ3) is 5.14. The second-order valence-electron chi connectivity index (χ2n) is 4.68. The maximum atomic E-state index is 11.6. The molecule has 5 nitrogen and oxygen atoms in total. The number of benzene rings is 1. The first-order valence-corrected chi connectivity index (χ1v) is 6.33. The lowest BCUT2D eigenvalue weighted by Gasteiger charge is -2.13. The molecule has 0 aliphatic carbocycles. The number of carbonyl (C=O) groups excluding carboxylic acids is 1. The van der Waals surface area contributed by atoms with Gasteiger partial charge in [-0.05, 0) is 32.4 Å². The average molecular weight is 277 g/mol. The van der Waals surface area contributed by atoms with Crippen LogP contribution in [0, 0.1) is 6.92 Å². The van der Waals surface area contributed by atoms with E-state index in [-0.39, 0.29) is 18.6 Å². The highest BCUT2D eigenvalue weighted by Crippen LogP contribution is 2.24. The molecule has 1 amide bonds. The van der Waals surface area contributed by atoms with Crippen molar-refractivity contribution in [3.05, 3.63) is 35.4 Å². The summed E-state index contributed by atoms with van der Waals surface area (Å²) in [4.78, 5) is 22.1. The molecule has 2 N–H and O–H groups in total. The van der Waals surface area contributed by atoms with Crippen LogP contribution in [0.3, 0.4) is 0 Å². The van der Waals surface area contributed by atoms with Gasteiger partial charge in [-0.2, -0.15) is 0 Å². The number of aryl methyl sites for hydroxylation is 1. The number of amides is 1. The molecule has 0 atom stereocenters. The van der Waals surface area contributed by atoms with Gasteiger partial charge in [0.15, 0.2) is 6.61 Å². The van der Waals surface area contributed by atoms with Crippen LogP contribution in [0.1, 0.15) is 25.0 Å². The quantitative estimate of drug-likeness (QED) is 0.780. The van der Waals surface area contributed by atoms with E-state index in [0.717, 1.165) is 11.6 Å². The van der Waals surface area contributed by atoms with Gasteiger partial charge in [0.05, 0.1) is 0 Å². The number of hydrogen-bond acceptors (Lipinski definition) is 3. The van der Waals surface area contributed by atoms with Crippen molar-refractivity contribution in [2.24, 2.45) is 0 Å². The molecule has 108 valence electrons. The zero-order chi connectivity index (χ0) is 15.1. The molecule has 0 fully saturated rings. The Labute approximate surface area is 118 Å². The molecule has 0 saturated carbocycles. The van der Waals surface area contributed by atoms with Crippen molar-refractivity contribution in [2.45, 2.75) is 26.8 Å². The van der Waals surface area contributed by atoms with Crippen LogP contribution in [0.2, 0.25) is 0 Å². The summed E-state index contributed by atoms with van der Waals surface area (Å²) in [5.41, 5.74) is 1.47. The van der Waals surface area contributed by atoms with E-state index in [1.54, 1.807) is 12.1 Å². The van der Waals surface area contributed by atoms with Gasteiger partial charge in [-0.3, -0.25) is 4.79 Å². The second kappa shape index (κ2) is 7.33. The van der Waals surface area contributed by atoms with E-state index in [1.165, 1.54) is 6.08 Å². The van der Waals surface area contributed by atoms with E-state index in [2.05, 4.69) is 5.32 Å². The maximum Gasteiger partial charge on any atom is 0.328 e. The van der Waals surface area contributed by atoms with E-state index >= 15 is 0 Å². The molecule has 1 aromatic carbocycles. The third-order valence-electron chi connectivity index (χ3n) is 2.45. The van der Waals surface area contributed by atoms with E-state index in [0.29, 0.717) is 11.3 Å². The first kappa shape index (κ1) is 15.8. The van der Waals surface area contributed by atoms with Gasteiger partial charge in [0.1, 0.15) is 5.75 Å². The van der Waals surface area contributed by atoms with Gasteiger partial charge in [-0.1, -0.05) is 18.2 Å². The number of para-hydroxylation sites is 1. The normalized spacial score (nSPS) is 10.8. The van der Waals surface area contributed by atoms with Crippen LogP contribution < -0.4 is 10.1 Å². The summed E-state index contributed by atoms with van der Waals surface area (Å²) < 4.78 is 5.51. The van der Waals surface area contributed by atoms with Gasteiger partial charge < -0.3 is 15.2 Å². The molecule has 0 unspecified atom stereocenters. The van der Waals surface area contributed by atoms with Crippen LogP contribution in [0.25, 0.3) is 6.08 Å². The van der Waals surface area contributed by atoms with Gasteiger partial charge in [-0.25, -0.2) is 4.79 Å². The van der Waals surface area contributed by atoms with Crippen molar-refractivity contribution in [1.29, 1.82) is 0 Å². The Balaban J connectivity index is 2.83. The zero-order valence-corrected chi connectivity index (χ0v) is 11.8. The molecule has 0 aliphatic heterocycles. The first-order chi connectivity index (χ1) is 9.40. The fourth-order valence-corrected chi connectivity index (χ4v) is 1.67. The summed E-state index contributed by atoms with van der Waals surface area (Å²) in [5.74, 6) is -0.727. The summed E-state index contributed by atoms with van der Waals surface area (Å²) in [6.45, 7) is 5.48. The number of aliphatic carboxylic acids is 1. The summed E-state index contributed by atoms with van der Waals surface area (Å²) >= 11 is 0. The highest BCUT2D eigenvalue weighted by atomic mass is 16.5. The Bertz CT molecular complexity index is 521. The topological polar surface area (TPSA) is 75.6 Å². The molecule has 0 aliphatic rings. The van der Waals surface area contributed by atoms with Crippen LogP contribution in [-0.2, 0) is 9.59 Å². The van der Waals surface area contributed by atoms with E-state index in [9.17, 15) is 9.59 Å². The molecule has 1 rings (SSSR count). The van der Waals surface area contributed by atoms with Gasteiger partial charge in [0.25, 0.3) is 5.91 Å². The lowest BCUT2D eigenvalue weighted by Crippen LogP contribution is -2.34. The monoisotopic (exact) mass is 277 g/mol. The maximum absolute atomic E-state index is 11.6. The Morgan fingerprint density at radius 1 is 1.40 bits per heavy atom. The van der Waals surface area contributed by atoms with Crippen molar-refractivity contribution in [1.82, 2.24) is 5.32 Å². The molecule has 0 aromatic heterocycles. The standard InChI is InChI=1S/C15H19NO4/c1-10(2)16-13(17)9-20-15-11(3)5-4-6-12(15)7-8-14(18)19/h4-8,10H,9H2,1-3H3,(H,16,17)(H,18,19)/b8-7+. The van der Waals surface area contributed by atoms with Crippen LogP contribution in [0.15, 0.2) is 24.3 Å². The van der Waals surface area contributed by atoms with E-state index in [4.69, 9.17) is 9.84 Å². The van der Waals surface area contributed by atoms with Crippen molar-refractivity contribution >= 4 is 18.0 Å². The van der Waals surface area contributed by atoms with Crippen molar-refractivity contribution in [3.8, 4) is 5.75 Å². The van der Waals surface area contributed by atoms with Gasteiger partial charge in [0, 0.05) is 17.7 Å². The predicted octanol–water partition coefficient (Wildman–Crippen LogP) is 2.00. The van der Waals surface area contributed by atoms with Crippen molar-refractivity contribution in [2.75, 3.05) is 6.61 Å². The Morgan fingerprint density at radius 3 is 2.70 bits per heavy atom. The molecule has 0 radical (unpaired) electrons. The third-order valence-corrected chi connectivity index (χ3v) is 2.45. The second-order valence-corrected chi connectivity index (χ2v) is 4.68. The number of carboxylic acids is 1. The minimum atomic E-state index is -1.03. The summed E-state index contributed by atoms with van der Waals surface area (Å²) in [7, 11) is 0. The first-order valence-electron chi connectivity index (χ1n) is 6.33. The minimum absolute atomic E-state index is 0.0503. The smallest absolute Gasteiger partial charge is 0.328 e. The largest absolute Gasteiger partial charge is 0.483 e. The fraction of sp³-hybridized carbons (Fsp3) is 0.333. The molecule has 20 heavy (non-hydrogen) atoms. The van der Waals surface area contributed by atoms with Crippen LogP contribution in [-0.4, -0.2) is 29.6 Å². The number of carboxylic acid groups (broad SMARTS) is 1. The number of hydrogen-bond donors (Lipinski definition) is 2. The molecular formula is C15H19NO4. The molecule has 0 saturated heterocycles. The van der Waals surface area contributed by atoms with Gasteiger partial charge in [0.2, 0.25) is 0 Å². The molecule has 0 spiro atoms. The van der Waals surface area contributed by atoms with Crippen LogP contribution in [0.5, 0.6) is 5.75 Å². The molecule has 0 heterocycles. The van der Waals surface area contributed by atoms with Gasteiger partial charge >= 0.3 is 5.97 Å². The average Bonchev–Trinajstić information content (AvgIpc) is 2.34. The summed E-state index contributed by atoms with van der Waals surface area (Å²) in [5, 5.41) is 11.4. The Hall–Kier alpha value is -2.30. The SMILES string of the molecule is Cc1cccc(/C=C/C(=O)O)c1OCC(=O)NC(C)C. The highest BCUT2D eigenvalue weighted by molar-refractivity contribution is 5.86. The summed E-state index contributed by atoms with van der Waals surface area (Å²) in [6.07, 6.45) is 2.49. The number of carbonyl (C=O) groups is 2. The fourth-order valence-electron chi connectivity index (χ4n) is 1.67. The lowest BCUT2D eigenvalue weighted by atomic mass is 10.1. The molecule has 5 heteroatoms. The highest BCUT2D eigenvalue weighted by Gasteiger charge is 2.09. The number of ether oxygens (including phenoxy) is 1. The predicted molar refractivity (Wildman–Crippen MR) is 76.6 cm³/mol. The molecule has 0 bridgehead atoms. The van der Waals surface area contributed by atoms with Crippen LogP contribution >= 0.6 is 0 Å². The van der Waals surface area contributed by atoms with E-state index in [1.807, 2.05) is 26.8 Å². The molecule has 1 aromatic rings. The zero-order valence-electron chi connectivity index (χ0n) is 11.8. The Kier molecular flexibility index (Phi) is 5.77. The van der Waals surface area contributed by atoms with E-state index < -0.39 is 5.97 Å². The van der Waals surface area contributed by atoms with Crippen molar-refractivity contribution in [3.63, 3.8) is 0 Å². The van der Waals surface area contributed by atoms with Gasteiger partial charge in [-0.15, -0.1) is 0 Å².